The van der Waals surface area contributed by atoms with Gasteiger partial charge in [0.1, 0.15) is 10.6 Å². The minimum atomic E-state index is -0.258. The largest absolute Gasteiger partial charge is 0.352 e. The molecule has 1 fully saturated rings. The maximum atomic E-state index is 14.3. The summed E-state index contributed by atoms with van der Waals surface area (Å²) in [6.45, 7) is 8.19. The highest BCUT2D eigenvalue weighted by molar-refractivity contribution is 7.16. The van der Waals surface area contributed by atoms with Crippen LogP contribution in [0.2, 0.25) is 0 Å². The zero-order valence-electron chi connectivity index (χ0n) is 17.0. The smallest absolute Gasteiger partial charge is 0.147 e. The molecule has 0 saturated carbocycles. The Morgan fingerprint density at radius 2 is 2.00 bits per heavy atom. The monoisotopic (exact) mass is 410 g/mol. The first-order chi connectivity index (χ1) is 14.2. The van der Waals surface area contributed by atoms with Crippen LogP contribution in [0.25, 0.3) is 10.2 Å². The predicted molar refractivity (Wildman–Crippen MR) is 122 cm³/mol. The van der Waals surface area contributed by atoms with Crippen LogP contribution in [0, 0.1) is 5.82 Å². The first-order valence-electron chi connectivity index (χ1n) is 10.3. The summed E-state index contributed by atoms with van der Waals surface area (Å²) in [5.74, 6) is -0.0839. The van der Waals surface area contributed by atoms with E-state index >= 15 is 0 Å². The molecule has 1 saturated heterocycles. The number of fused-ring (bicyclic) bond motifs is 2. The van der Waals surface area contributed by atoms with Gasteiger partial charge in [-0.2, -0.15) is 0 Å². The minimum absolute atomic E-state index is 0.174. The average molecular weight is 411 g/mol. The summed E-state index contributed by atoms with van der Waals surface area (Å²) in [6.07, 6.45) is 7.88. The second-order valence-electron chi connectivity index (χ2n) is 7.58. The number of halogens is 1. The fourth-order valence-corrected chi connectivity index (χ4v) is 4.59. The highest BCUT2D eigenvalue weighted by atomic mass is 32.1. The van der Waals surface area contributed by atoms with Gasteiger partial charge in [-0.1, -0.05) is 20.3 Å². The number of nitrogens with zero attached hydrogens (tertiary/aromatic N) is 3. The number of hydrogen-bond acceptors (Lipinski definition) is 5. The van der Waals surface area contributed by atoms with Crippen molar-refractivity contribution in [1.82, 2.24) is 9.88 Å². The molecule has 2 aliphatic heterocycles. The SMILES string of the molecule is CC1C=Nc2cc(Nc3ccnc4sccc34)c(F)cc21.CCN1CCCCC1. The highest BCUT2D eigenvalue weighted by Gasteiger charge is 2.18. The Balaban J connectivity index is 0.000000216. The maximum absolute atomic E-state index is 14.3. The van der Waals surface area contributed by atoms with E-state index in [1.165, 1.54) is 38.9 Å². The number of thiophene rings is 1. The molecule has 1 aromatic carbocycles. The third-order valence-corrected chi connectivity index (χ3v) is 6.40. The molecule has 3 aromatic rings. The van der Waals surface area contributed by atoms with Crippen LogP contribution in [0.1, 0.15) is 44.6 Å². The average Bonchev–Trinajstić information content (AvgIpc) is 3.37. The molecule has 4 heterocycles. The van der Waals surface area contributed by atoms with Gasteiger partial charge in [0.05, 0.1) is 17.1 Å². The van der Waals surface area contributed by atoms with E-state index in [2.05, 4.69) is 27.1 Å². The van der Waals surface area contributed by atoms with Gasteiger partial charge in [-0.15, -0.1) is 11.3 Å². The Hall–Kier alpha value is -2.31. The van der Waals surface area contributed by atoms with Gasteiger partial charge in [0.25, 0.3) is 0 Å². The van der Waals surface area contributed by atoms with Gasteiger partial charge < -0.3 is 10.2 Å². The number of aromatic nitrogens is 1. The van der Waals surface area contributed by atoms with Gasteiger partial charge in [0.2, 0.25) is 0 Å². The standard InChI is InChI=1S/C16H12FN3S.C7H15N/c1-9-8-19-14-7-15(12(17)6-11(9)14)20-13-2-4-18-16-10(13)3-5-21-16;1-2-8-6-4-3-5-7-8/h2-9H,1H3,(H,18,20);2-7H2,1H3. The molecule has 0 radical (unpaired) electrons. The Morgan fingerprint density at radius 3 is 2.76 bits per heavy atom. The molecule has 0 bridgehead atoms. The molecule has 1 atom stereocenters. The second-order valence-corrected chi connectivity index (χ2v) is 8.47. The van der Waals surface area contributed by atoms with Crippen molar-refractivity contribution in [3.63, 3.8) is 0 Å². The van der Waals surface area contributed by atoms with Crippen molar-refractivity contribution in [2.75, 3.05) is 25.0 Å². The molecule has 0 amide bonds. The zero-order valence-corrected chi connectivity index (χ0v) is 17.8. The zero-order chi connectivity index (χ0) is 20.2. The van der Waals surface area contributed by atoms with Crippen LogP contribution in [0.4, 0.5) is 21.5 Å². The van der Waals surface area contributed by atoms with E-state index in [1.54, 1.807) is 29.7 Å². The summed E-state index contributed by atoms with van der Waals surface area (Å²) in [4.78, 5) is 12.1. The molecule has 2 aliphatic rings. The molecule has 0 aliphatic carbocycles. The number of likely N-dealkylation sites (tertiary alicyclic amines) is 1. The fraction of sp³-hybridized carbons (Fsp3) is 0.391. The maximum Gasteiger partial charge on any atom is 0.147 e. The van der Waals surface area contributed by atoms with Crippen molar-refractivity contribution in [2.24, 2.45) is 4.99 Å². The highest BCUT2D eigenvalue weighted by Crippen LogP contribution is 2.37. The number of benzene rings is 1. The van der Waals surface area contributed by atoms with E-state index < -0.39 is 0 Å². The normalized spacial score (nSPS) is 18.4. The molecule has 5 rings (SSSR count). The molecule has 1 N–H and O–H groups in total. The van der Waals surface area contributed by atoms with E-state index in [0.29, 0.717) is 5.69 Å². The van der Waals surface area contributed by atoms with Gasteiger partial charge >= 0.3 is 0 Å². The number of pyridine rings is 1. The van der Waals surface area contributed by atoms with Crippen LogP contribution in [-0.2, 0) is 0 Å². The van der Waals surface area contributed by atoms with Crippen molar-refractivity contribution in [1.29, 1.82) is 0 Å². The first-order valence-corrected chi connectivity index (χ1v) is 11.2. The lowest BCUT2D eigenvalue weighted by Gasteiger charge is -2.24. The molecule has 4 nitrogen and oxygen atoms in total. The number of rotatable bonds is 3. The molecular weight excluding hydrogens is 383 g/mol. The summed E-state index contributed by atoms with van der Waals surface area (Å²) >= 11 is 1.57. The Labute approximate surface area is 175 Å². The second kappa shape index (κ2) is 9.01. The van der Waals surface area contributed by atoms with Crippen LogP contribution in [0.5, 0.6) is 0 Å². The van der Waals surface area contributed by atoms with Gasteiger partial charge in [-0.25, -0.2) is 9.37 Å². The molecule has 2 aromatic heterocycles. The lowest BCUT2D eigenvalue weighted by molar-refractivity contribution is 0.240. The Kier molecular flexibility index (Phi) is 6.21. The van der Waals surface area contributed by atoms with Gasteiger partial charge in [-0.05, 0) is 67.7 Å². The van der Waals surface area contributed by atoms with Gasteiger partial charge in [-0.3, -0.25) is 4.99 Å². The molecule has 0 spiro atoms. The van der Waals surface area contributed by atoms with E-state index in [4.69, 9.17) is 0 Å². The third kappa shape index (κ3) is 4.49. The summed E-state index contributed by atoms with van der Waals surface area (Å²) in [7, 11) is 0. The summed E-state index contributed by atoms with van der Waals surface area (Å²) < 4.78 is 14.3. The van der Waals surface area contributed by atoms with Crippen molar-refractivity contribution in [3.8, 4) is 0 Å². The van der Waals surface area contributed by atoms with Crippen molar-refractivity contribution in [3.05, 3.63) is 47.2 Å². The quantitative estimate of drug-likeness (QED) is 0.536. The molecule has 29 heavy (non-hydrogen) atoms. The number of nitrogens with one attached hydrogen (secondary N) is 1. The summed E-state index contributed by atoms with van der Waals surface area (Å²) in [5.41, 5.74) is 3.07. The lowest BCUT2D eigenvalue weighted by Crippen LogP contribution is -2.29. The van der Waals surface area contributed by atoms with Gasteiger partial charge in [0.15, 0.2) is 0 Å². The van der Waals surface area contributed by atoms with Gasteiger partial charge in [0, 0.05) is 23.7 Å². The minimum Gasteiger partial charge on any atom is -0.352 e. The van der Waals surface area contributed by atoms with Crippen LogP contribution in [-0.4, -0.2) is 35.7 Å². The van der Waals surface area contributed by atoms with Crippen molar-refractivity contribution >= 4 is 44.8 Å². The molecule has 6 heteroatoms. The number of anilines is 2. The Morgan fingerprint density at radius 1 is 1.17 bits per heavy atom. The third-order valence-electron chi connectivity index (χ3n) is 5.58. The van der Waals surface area contributed by atoms with E-state index in [-0.39, 0.29) is 11.7 Å². The van der Waals surface area contributed by atoms with E-state index in [9.17, 15) is 4.39 Å². The topological polar surface area (TPSA) is 40.5 Å². The lowest BCUT2D eigenvalue weighted by atomic mass is 10.0. The Bertz CT molecular complexity index is 1010. The summed E-state index contributed by atoms with van der Waals surface area (Å²) in [5, 5.41) is 6.14. The van der Waals surface area contributed by atoms with E-state index in [0.717, 1.165) is 27.2 Å². The number of hydrogen-bond donors (Lipinski definition) is 1. The summed E-state index contributed by atoms with van der Waals surface area (Å²) in [6, 6.07) is 7.18. The van der Waals surface area contributed by atoms with Crippen LogP contribution >= 0.6 is 11.3 Å². The van der Waals surface area contributed by atoms with Crippen LogP contribution in [0.3, 0.4) is 0 Å². The fourth-order valence-electron chi connectivity index (χ4n) is 3.83. The number of aliphatic imine (C=N–C) groups is 1. The number of piperidine rings is 1. The first kappa shape index (κ1) is 20.0. The predicted octanol–water partition coefficient (Wildman–Crippen LogP) is 6.49. The molecule has 152 valence electrons. The van der Waals surface area contributed by atoms with Crippen molar-refractivity contribution in [2.45, 2.75) is 39.0 Å². The van der Waals surface area contributed by atoms with Crippen LogP contribution < -0.4 is 5.32 Å². The molecule has 1 unspecified atom stereocenters. The van der Waals surface area contributed by atoms with E-state index in [1.807, 2.05) is 30.7 Å². The van der Waals surface area contributed by atoms with Crippen molar-refractivity contribution < 1.29 is 4.39 Å². The molecular formula is C23H27FN4S. The van der Waals surface area contributed by atoms with Crippen LogP contribution in [0.15, 0.2) is 40.8 Å².